The van der Waals surface area contributed by atoms with Crippen molar-refractivity contribution in [2.45, 2.75) is 53.6 Å². The second-order valence-electron chi connectivity index (χ2n) is 7.11. The van der Waals surface area contributed by atoms with Crippen LogP contribution >= 0.6 is 0 Å². The lowest BCUT2D eigenvalue weighted by Crippen LogP contribution is -2.47. The number of carbonyl (C=O) groups is 2. The molecule has 0 bridgehead atoms. The van der Waals surface area contributed by atoms with Gasteiger partial charge >= 0.3 is 5.97 Å². The van der Waals surface area contributed by atoms with Gasteiger partial charge in [-0.05, 0) is 19.3 Å². The van der Waals surface area contributed by atoms with Crippen molar-refractivity contribution in [2.24, 2.45) is 10.8 Å². The summed E-state index contributed by atoms with van der Waals surface area (Å²) in [5.74, 6) is -1.22. The van der Waals surface area contributed by atoms with Crippen molar-refractivity contribution in [3.8, 4) is 0 Å². The molecule has 6 heteroatoms. The van der Waals surface area contributed by atoms with Gasteiger partial charge in [0, 0.05) is 25.4 Å². The molecule has 0 aliphatic rings. The molecular weight excluding hydrogens is 270 g/mol. The number of hydrogen-bond donors (Lipinski definition) is 2. The first-order chi connectivity index (χ1) is 9.52. The zero-order valence-corrected chi connectivity index (χ0v) is 13.4. The van der Waals surface area contributed by atoms with Gasteiger partial charge in [0.15, 0.2) is 0 Å². The fourth-order valence-corrected chi connectivity index (χ4v) is 1.86. The third-order valence-corrected chi connectivity index (χ3v) is 3.51. The van der Waals surface area contributed by atoms with Crippen molar-refractivity contribution in [1.29, 1.82) is 0 Å². The molecule has 1 rings (SSSR count). The van der Waals surface area contributed by atoms with Crippen LogP contribution < -0.4 is 5.32 Å². The molecule has 2 N–H and O–H groups in total. The monoisotopic (exact) mass is 295 g/mol. The van der Waals surface area contributed by atoms with E-state index in [9.17, 15) is 9.59 Å². The van der Waals surface area contributed by atoms with Crippen LogP contribution in [0.1, 0.15) is 41.0 Å². The van der Waals surface area contributed by atoms with Crippen LogP contribution in [0.25, 0.3) is 0 Å². The number of imidazole rings is 1. The molecule has 1 aromatic rings. The van der Waals surface area contributed by atoms with Gasteiger partial charge in [-0.2, -0.15) is 0 Å². The largest absolute Gasteiger partial charge is 0.481 e. The Morgan fingerprint density at radius 3 is 2.33 bits per heavy atom. The normalized spacial score (nSPS) is 13.8. The van der Waals surface area contributed by atoms with E-state index >= 15 is 0 Å². The molecule has 0 spiro atoms. The van der Waals surface area contributed by atoms with Gasteiger partial charge < -0.3 is 15.0 Å². The van der Waals surface area contributed by atoms with Crippen LogP contribution in [0.5, 0.6) is 0 Å². The smallest absolute Gasteiger partial charge is 0.309 e. The highest BCUT2D eigenvalue weighted by molar-refractivity contribution is 5.84. The van der Waals surface area contributed by atoms with Gasteiger partial charge in [0.25, 0.3) is 0 Å². The fourth-order valence-electron chi connectivity index (χ4n) is 1.86. The highest BCUT2D eigenvalue weighted by Gasteiger charge is 2.33. The number of rotatable bonds is 6. The topological polar surface area (TPSA) is 84.2 Å². The van der Waals surface area contributed by atoms with Crippen LogP contribution in [0.15, 0.2) is 18.7 Å². The van der Waals surface area contributed by atoms with Crippen molar-refractivity contribution in [2.75, 3.05) is 0 Å². The zero-order chi connectivity index (χ0) is 16.3. The minimum absolute atomic E-state index is 0.0428. The van der Waals surface area contributed by atoms with Gasteiger partial charge in [0.2, 0.25) is 5.91 Å². The molecule has 1 heterocycles. The number of carbonyl (C=O) groups excluding carboxylic acids is 1. The maximum Gasteiger partial charge on any atom is 0.309 e. The highest BCUT2D eigenvalue weighted by atomic mass is 16.4. The maximum atomic E-state index is 12.1. The summed E-state index contributed by atoms with van der Waals surface area (Å²) in [6.07, 6.45) is 5.19. The first-order valence-corrected chi connectivity index (χ1v) is 7.01. The summed E-state index contributed by atoms with van der Waals surface area (Å²) in [6, 6.07) is -0.108. The molecule has 6 nitrogen and oxygen atoms in total. The van der Waals surface area contributed by atoms with Crippen molar-refractivity contribution in [3.63, 3.8) is 0 Å². The molecule has 0 saturated carbocycles. The van der Waals surface area contributed by atoms with Gasteiger partial charge in [0.1, 0.15) is 0 Å². The Labute approximate surface area is 125 Å². The average Bonchev–Trinajstić information content (AvgIpc) is 2.78. The first-order valence-electron chi connectivity index (χ1n) is 7.01. The Morgan fingerprint density at radius 1 is 1.29 bits per heavy atom. The molecule has 1 unspecified atom stereocenters. The van der Waals surface area contributed by atoms with E-state index in [4.69, 9.17) is 5.11 Å². The molecule has 0 fully saturated rings. The molecule has 0 aliphatic heterocycles. The van der Waals surface area contributed by atoms with Crippen molar-refractivity contribution in [3.05, 3.63) is 18.7 Å². The van der Waals surface area contributed by atoms with E-state index in [2.05, 4.69) is 10.3 Å². The molecule has 0 radical (unpaired) electrons. The maximum absolute atomic E-state index is 12.1. The van der Waals surface area contributed by atoms with Crippen molar-refractivity contribution < 1.29 is 14.7 Å². The highest BCUT2D eigenvalue weighted by Crippen LogP contribution is 2.23. The Morgan fingerprint density at radius 2 is 1.90 bits per heavy atom. The second kappa shape index (κ2) is 6.28. The van der Waals surface area contributed by atoms with E-state index in [0.717, 1.165) is 0 Å². The summed E-state index contributed by atoms with van der Waals surface area (Å²) in [5, 5.41) is 12.1. The molecule has 1 amide bonds. The standard InChI is InChI=1S/C15H25N3O3/c1-14(2,3)11(9-18-7-6-16-10-18)17-12(19)8-15(4,5)13(20)21/h6-7,10-11H,8-9H2,1-5H3,(H,17,19)(H,20,21). The predicted molar refractivity (Wildman–Crippen MR) is 79.6 cm³/mol. The van der Waals surface area contributed by atoms with Crippen LogP contribution in [0.3, 0.4) is 0 Å². The number of aromatic nitrogens is 2. The molecule has 21 heavy (non-hydrogen) atoms. The summed E-state index contributed by atoms with van der Waals surface area (Å²) in [4.78, 5) is 27.2. The third-order valence-electron chi connectivity index (χ3n) is 3.51. The Hall–Kier alpha value is -1.85. The van der Waals surface area contributed by atoms with E-state index < -0.39 is 11.4 Å². The number of nitrogens with one attached hydrogen (secondary N) is 1. The molecular formula is C15H25N3O3. The Kier molecular flexibility index (Phi) is 5.15. The van der Waals surface area contributed by atoms with E-state index in [1.165, 1.54) is 0 Å². The van der Waals surface area contributed by atoms with Gasteiger partial charge in [-0.1, -0.05) is 20.8 Å². The molecule has 0 aliphatic carbocycles. The average molecular weight is 295 g/mol. The quantitative estimate of drug-likeness (QED) is 0.839. The summed E-state index contributed by atoms with van der Waals surface area (Å²) >= 11 is 0. The fraction of sp³-hybridized carbons (Fsp3) is 0.667. The molecule has 1 atom stereocenters. The first kappa shape index (κ1) is 17.2. The second-order valence-corrected chi connectivity index (χ2v) is 7.11. The number of amides is 1. The van der Waals surface area contributed by atoms with Gasteiger partial charge in [-0.15, -0.1) is 0 Å². The van der Waals surface area contributed by atoms with Crippen LogP contribution in [-0.4, -0.2) is 32.6 Å². The lowest BCUT2D eigenvalue weighted by molar-refractivity contribution is -0.149. The van der Waals surface area contributed by atoms with Gasteiger partial charge in [-0.3, -0.25) is 9.59 Å². The van der Waals surface area contributed by atoms with Gasteiger partial charge in [0.05, 0.1) is 17.8 Å². The van der Waals surface area contributed by atoms with E-state index in [0.29, 0.717) is 6.54 Å². The van der Waals surface area contributed by atoms with Crippen LogP contribution in [0, 0.1) is 10.8 Å². The van der Waals surface area contributed by atoms with Crippen molar-refractivity contribution >= 4 is 11.9 Å². The van der Waals surface area contributed by atoms with Crippen LogP contribution in [-0.2, 0) is 16.1 Å². The number of hydrogen-bond acceptors (Lipinski definition) is 3. The summed E-state index contributed by atoms with van der Waals surface area (Å²) in [6.45, 7) is 9.82. The van der Waals surface area contributed by atoms with E-state index in [1.807, 2.05) is 31.5 Å². The van der Waals surface area contributed by atoms with Crippen LogP contribution in [0.2, 0.25) is 0 Å². The van der Waals surface area contributed by atoms with Gasteiger partial charge in [-0.25, -0.2) is 4.98 Å². The summed E-state index contributed by atoms with van der Waals surface area (Å²) < 4.78 is 1.90. The number of carboxylic acids is 1. The summed E-state index contributed by atoms with van der Waals surface area (Å²) in [7, 11) is 0. The number of carboxylic acid groups (broad SMARTS) is 1. The lowest BCUT2D eigenvalue weighted by Gasteiger charge is -2.32. The zero-order valence-electron chi connectivity index (χ0n) is 13.4. The molecule has 1 aromatic heterocycles. The van der Waals surface area contributed by atoms with Crippen LogP contribution in [0.4, 0.5) is 0 Å². The predicted octanol–water partition coefficient (Wildman–Crippen LogP) is 1.91. The summed E-state index contributed by atoms with van der Waals surface area (Å²) in [5.41, 5.74) is -1.21. The minimum atomic E-state index is -1.07. The lowest BCUT2D eigenvalue weighted by atomic mass is 9.85. The SMILES string of the molecule is CC(C)(CC(=O)NC(Cn1ccnc1)C(C)(C)C)C(=O)O. The van der Waals surface area contributed by atoms with Crippen molar-refractivity contribution in [1.82, 2.24) is 14.9 Å². The number of aliphatic carboxylic acids is 1. The number of nitrogens with zero attached hydrogens (tertiary/aromatic N) is 2. The van der Waals surface area contributed by atoms with E-state index in [1.54, 1.807) is 26.4 Å². The third kappa shape index (κ3) is 5.21. The Bertz CT molecular complexity index is 487. The Balaban J connectivity index is 2.73. The minimum Gasteiger partial charge on any atom is -0.481 e. The molecule has 0 aromatic carbocycles. The molecule has 118 valence electrons. The molecule has 0 saturated heterocycles. The van der Waals surface area contributed by atoms with E-state index in [-0.39, 0.29) is 23.8 Å².